The molecular formula is C19H25N3O2. The minimum Gasteiger partial charge on any atom is -0.487 e. The fourth-order valence-corrected chi connectivity index (χ4v) is 2.75. The molecule has 1 N–H and O–H groups in total. The van der Waals surface area contributed by atoms with Gasteiger partial charge >= 0.3 is 0 Å². The summed E-state index contributed by atoms with van der Waals surface area (Å²) in [5.74, 6) is 0.869. The lowest BCUT2D eigenvalue weighted by atomic mass is 10.2. The highest BCUT2D eigenvalue weighted by molar-refractivity contribution is 5.28. The summed E-state index contributed by atoms with van der Waals surface area (Å²) in [6.45, 7) is 4.99. The standard InChI is InChI=1S/C19H25N3O2/c1-22-9-10-23-19(14-22)13-20-12-16-5-4-7-18(11-16)24-15-17-6-2-3-8-21-17/h2-8,11,19-20H,9-10,12-15H2,1H3/t19-/m1/s1. The molecule has 1 fully saturated rings. The molecule has 1 aliphatic heterocycles. The van der Waals surface area contributed by atoms with Crippen LogP contribution in [0.3, 0.4) is 0 Å². The van der Waals surface area contributed by atoms with Gasteiger partial charge in [-0.1, -0.05) is 18.2 Å². The van der Waals surface area contributed by atoms with Crippen molar-refractivity contribution in [1.29, 1.82) is 0 Å². The molecule has 5 nitrogen and oxygen atoms in total. The molecule has 0 bridgehead atoms. The maximum absolute atomic E-state index is 5.82. The van der Waals surface area contributed by atoms with Gasteiger partial charge in [-0.2, -0.15) is 0 Å². The molecule has 1 atom stereocenters. The summed E-state index contributed by atoms with van der Waals surface area (Å²) in [5.41, 5.74) is 2.14. The number of hydrogen-bond donors (Lipinski definition) is 1. The van der Waals surface area contributed by atoms with Crippen LogP contribution in [-0.4, -0.2) is 49.3 Å². The number of nitrogens with zero attached hydrogens (tertiary/aromatic N) is 2. The normalized spacial score (nSPS) is 18.5. The molecule has 1 aliphatic rings. The molecule has 0 saturated carbocycles. The van der Waals surface area contributed by atoms with Gasteiger partial charge in [0.1, 0.15) is 12.4 Å². The molecule has 1 aromatic carbocycles. The SMILES string of the molecule is CN1CCO[C@H](CNCc2cccc(OCc3ccccn3)c2)C1. The van der Waals surface area contributed by atoms with Crippen molar-refractivity contribution in [1.82, 2.24) is 15.2 Å². The molecule has 3 rings (SSSR count). The zero-order chi connectivity index (χ0) is 16.6. The highest BCUT2D eigenvalue weighted by atomic mass is 16.5. The molecule has 0 aliphatic carbocycles. The van der Waals surface area contributed by atoms with Crippen LogP contribution in [0.5, 0.6) is 5.75 Å². The van der Waals surface area contributed by atoms with Crippen molar-refractivity contribution in [3.63, 3.8) is 0 Å². The van der Waals surface area contributed by atoms with Crippen molar-refractivity contribution in [3.8, 4) is 5.75 Å². The summed E-state index contributed by atoms with van der Waals surface area (Å²) in [4.78, 5) is 6.58. The summed E-state index contributed by atoms with van der Waals surface area (Å²) in [7, 11) is 2.14. The van der Waals surface area contributed by atoms with E-state index < -0.39 is 0 Å². The lowest BCUT2D eigenvalue weighted by molar-refractivity contribution is -0.0182. The number of rotatable bonds is 7. The Hall–Kier alpha value is -1.95. The molecule has 2 aromatic rings. The van der Waals surface area contributed by atoms with Crippen molar-refractivity contribution in [2.24, 2.45) is 0 Å². The number of morpholine rings is 1. The van der Waals surface area contributed by atoms with E-state index in [1.54, 1.807) is 6.20 Å². The number of pyridine rings is 1. The smallest absolute Gasteiger partial charge is 0.130 e. The quantitative estimate of drug-likeness (QED) is 0.844. The van der Waals surface area contributed by atoms with Crippen LogP contribution in [0.15, 0.2) is 48.7 Å². The first-order valence-corrected chi connectivity index (χ1v) is 8.42. The summed E-state index contributed by atoms with van der Waals surface area (Å²) in [6, 6.07) is 14.0. The zero-order valence-corrected chi connectivity index (χ0v) is 14.1. The van der Waals surface area contributed by atoms with Gasteiger partial charge in [-0.05, 0) is 36.9 Å². The predicted octanol–water partition coefficient (Wildman–Crippen LogP) is 2.08. The first-order chi connectivity index (χ1) is 11.8. The second-order valence-electron chi connectivity index (χ2n) is 6.14. The van der Waals surface area contributed by atoms with Gasteiger partial charge in [0.2, 0.25) is 0 Å². The molecule has 5 heteroatoms. The monoisotopic (exact) mass is 327 g/mol. The first-order valence-electron chi connectivity index (χ1n) is 8.42. The Kier molecular flexibility index (Phi) is 6.18. The average Bonchev–Trinajstić information content (AvgIpc) is 2.61. The highest BCUT2D eigenvalue weighted by Gasteiger charge is 2.16. The fourth-order valence-electron chi connectivity index (χ4n) is 2.75. The topological polar surface area (TPSA) is 46.6 Å². The van der Waals surface area contributed by atoms with Gasteiger partial charge in [-0.15, -0.1) is 0 Å². The second-order valence-corrected chi connectivity index (χ2v) is 6.14. The average molecular weight is 327 g/mol. The summed E-state index contributed by atoms with van der Waals surface area (Å²) in [6.07, 6.45) is 2.05. The molecule has 128 valence electrons. The van der Waals surface area contributed by atoms with Gasteiger partial charge in [-0.25, -0.2) is 0 Å². The fraction of sp³-hybridized carbons (Fsp3) is 0.421. The van der Waals surface area contributed by atoms with Crippen LogP contribution in [0.25, 0.3) is 0 Å². The van der Waals surface area contributed by atoms with Crippen LogP contribution in [0.4, 0.5) is 0 Å². The predicted molar refractivity (Wildman–Crippen MR) is 94.0 cm³/mol. The molecule has 1 aromatic heterocycles. The number of aromatic nitrogens is 1. The van der Waals surface area contributed by atoms with Crippen molar-refractivity contribution >= 4 is 0 Å². The maximum atomic E-state index is 5.82. The Morgan fingerprint density at radius 2 is 2.25 bits per heavy atom. The van der Waals surface area contributed by atoms with Crippen LogP contribution in [-0.2, 0) is 17.9 Å². The van der Waals surface area contributed by atoms with E-state index in [1.807, 2.05) is 30.3 Å². The van der Waals surface area contributed by atoms with Gasteiger partial charge in [0, 0.05) is 32.4 Å². The lowest BCUT2D eigenvalue weighted by Crippen LogP contribution is -2.44. The summed E-state index contributed by atoms with van der Waals surface area (Å²) in [5, 5.41) is 3.47. The summed E-state index contributed by atoms with van der Waals surface area (Å²) >= 11 is 0. The zero-order valence-electron chi connectivity index (χ0n) is 14.1. The molecule has 2 heterocycles. The number of hydrogen-bond acceptors (Lipinski definition) is 5. The molecule has 0 radical (unpaired) electrons. The molecule has 0 unspecified atom stereocenters. The first kappa shape index (κ1) is 16.9. The maximum Gasteiger partial charge on any atom is 0.130 e. The molecular weight excluding hydrogens is 302 g/mol. The van der Waals surface area contributed by atoms with Crippen molar-refractivity contribution in [2.75, 3.05) is 33.3 Å². The number of benzene rings is 1. The highest BCUT2D eigenvalue weighted by Crippen LogP contribution is 2.15. The Morgan fingerprint density at radius 1 is 1.29 bits per heavy atom. The lowest BCUT2D eigenvalue weighted by Gasteiger charge is -2.30. The largest absolute Gasteiger partial charge is 0.487 e. The van der Waals surface area contributed by atoms with E-state index in [4.69, 9.17) is 9.47 Å². The second kappa shape index (κ2) is 8.78. The molecule has 1 saturated heterocycles. The van der Waals surface area contributed by atoms with E-state index >= 15 is 0 Å². The third kappa shape index (κ3) is 5.30. The van der Waals surface area contributed by atoms with E-state index in [9.17, 15) is 0 Å². The van der Waals surface area contributed by atoms with E-state index in [-0.39, 0.29) is 6.10 Å². The van der Waals surface area contributed by atoms with E-state index in [1.165, 1.54) is 5.56 Å². The Morgan fingerprint density at radius 3 is 3.08 bits per heavy atom. The van der Waals surface area contributed by atoms with Crippen molar-refractivity contribution in [2.45, 2.75) is 19.3 Å². The molecule has 0 spiro atoms. The van der Waals surface area contributed by atoms with Crippen LogP contribution in [0.1, 0.15) is 11.3 Å². The van der Waals surface area contributed by atoms with Crippen molar-refractivity contribution in [3.05, 3.63) is 59.9 Å². The van der Waals surface area contributed by atoms with Crippen LogP contribution < -0.4 is 10.1 Å². The Labute approximate surface area is 143 Å². The van der Waals surface area contributed by atoms with Crippen LogP contribution >= 0.6 is 0 Å². The number of likely N-dealkylation sites (N-methyl/N-ethyl adjacent to an activating group) is 1. The Bertz CT molecular complexity index is 621. The van der Waals surface area contributed by atoms with Gasteiger partial charge in [-0.3, -0.25) is 4.98 Å². The van der Waals surface area contributed by atoms with Crippen LogP contribution in [0, 0.1) is 0 Å². The van der Waals surface area contributed by atoms with Gasteiger partial charge in [0.25, 0.3) is 0 Å². The number of ether oxygens (including phenoxy) is 2. The van der Waals surface area contributed by atoms with Crippen LogP contribution in [0.2, 0.25) is 0 Å². The van der Waals surface area contributed by atoms with E-state index in [0.29, 0.717) is 6.61 Å². The minimum absolute atomic E-state index is 0.271. The van der Waals surface area contributed by atoms with Gasteiger partial charge in [0.05, 0.1) is 18.4 Å². The third-order valence-electron chi connectivity index (χ3n) is 4.05. The molecule has 0 amide bonds. The minimum atomic E-state index is 0.271. The van der Waals surface area contributed by atoms with E-state index in [2.05, 4.69) is 34.4 Å². The third-order valence-corrected chi connectivity index (χ3v) is 4.05. The van der Waals surface area contributed by atoms with Gasteiger partial charge < -0.3 is 19.7 Å². The van der Waals surface area contributed by atoms with Gasteiger partial charge in [0.15, 0.2) is 0 Å². The van der Waals surface area contributed by atoms with Crippen molar-refractivity contribution < 1.29 is 9.47 Å². The Balaban J connectivity index is 1.44. The molecule has 24 heavy (non-hydrogen) atoms. The van der Waals surface area contributed by atoms with E-state index in [0.717, 1.165) is 44.2 Å². The number of nitrogens with one attached hydrogen (secondary N) is 1. The summed E-state index contributed by atoms with van der Waals surface area (Å²) < 4.78 is 11.6.